The summed E-state index contributed by atoms with van der Waals surface area (Å²) in [5, 5.41) is 14.8. The first-order valence-electron chi connectivity index (χ1n) is 8.64. The van der Waals surface area contributed by atoms with Gasteiger partial charge in [0.05, 0.1) is 12.0 Å². The molecule has 27 heavy (non-hydrogen) atoms. The van der Waals surface area contributed by atoms with Crippen LogP contribution in [0.5, 0.6) is 11.5 Å². The van der Waals surface area contributed by atoms with Crippen molar-refractivity contribution in [3.05, 3.63) is 54.6 Å². The largest absolute Gasteiger partial charge is 0.457 e. The van der Waals surface area contributed by atoms with E-state index in [1.807, 2.05) is 30.3 Å². The van der Waals surface area contributed by atoms with Crippen molar-refractivity contribution in [3.63, 3.8) is 0 Å². The quantitative estimate of drug-likeness (QED) is 0.524. The van der Waals surface area contributed by atoms with Gasteiger partial charge in [-0.15, -0.1) is 0 Å². The van der Waals surface area contributed by atoms with Crippen molar-refractivity contribution >= 4 is 30.1 Å². The fourth-order valence-electron chi connectivity index (χ4n) is 2.18. The second-order valence-electron chi connectivity index (χ2n) is 6.20. The molecule has 2 amide bonds. The lowest BCUT2D eigenvalue weighted by molar-refractivity contribution is -0.130. The highest BCUT2D eigenvalue weighted by Crippen LogP contribution is 2.22. The topological polar surface area (TPSA) is 87.7 Å². The van der Waals surface area contributed by atoms with Gasteiger partial charge in [-0.25, -0.2) is 0 Å². The summed E-state index contributed by atoms with van der Waals surface area (Å²) in [7, 11) is 0. The van der Waals surface area contributed by atoms with E-state index in [1.54, 1.807) is 31.2 Å². The lowest BCUT2D eigenvalue weighted by atomic mass is 10.1. The molecule has 0 aliphatic heterocycles. The average Bonchev–Trinajstić information content (AvgIpc) is 2.67. The molecule has 0 spiro atoms. The summed E-state index contributed by atoms with van der Waals surface area (Å²) in [5.74, 6) is 0.107. The maximum absolute atomic E-state index is 12.4. The van der Waals surface area contributed by atoms with E-state index in [0.717, 1.165) is 5.75 Å². The molecule has 0 aromatic heterocycles. The number of aliphatic hydroxyl groups excluding tert-OH is 1. The van der Waals surface area contributed by atoms with E-state index in [1.165, 1.54) is 6.92 Å². The van der Waals surface area contributed by atoms with E-state index in [4.69, 9.17) is 4.74 Å². The van der Waals surface area contributed by atoms with Gasteiger partial charge in [0.15, 0.2) is 0 Å². The fourth-order valence-corrected chi connectivity index (χ4v) is 2.43. The van der Waals surface area contributed by atoms with Gasteiger partial charge in [0.25, 0.3) is 0 Å². The maximum atomic E-state index is 12.4. The summed E-state index contributed by atoms with van der Waals surface area (Å²) in [6.07, 6.45) is -0.800. The number of nitrogens with one attached hydrogen (secondary N) is 2. The van der Waals surface area contributed by atoms with E-state index in [-0.39, 0.29) is 11.7 Å². The van der Waals surface area contributed by atoms with Crippen molar-refractivity contribution in [2.24, 2.45) is 5.92 Å². The van der Waals surface area contributed by atoms with Gasteiger partial charge in [-0.05, 0) is 43.3 Å². The third-order valence-corrected chi connectivity index (χ3v) is 4.42. The fraction of sp³-hybridized carbons (Fsp3) is 0.300. The first-order chi connectivity index (χ1) is 12.9. The number of hydrogen-bond acceptors (Lipinski definition) is 5. The number of rotatable bonds is 8. The Labute approximate surface area is 164 Å². The Bertz CT molecular complexity index is 750. The van der Waals surface area contributed by atoms with Gasteiger partial charge >= 0.3 is 0 Å². The molecule has 2 aromatic carbocycles. The van der Waals surface area contributed by atoms with Crippen LogP contribution in [0.3, 0.4) is 0 Å². The number of carbonyl (C=O) groups excluding carboxylic acids is 2. The van der Waals surface area contributed by atoms with Crippen LogP contribution in [0.1, 0.15) is 13.8 Å². The minimum absolute atomic E-state index is 0.138. The van der Waals surface area contributed by atoms with Crippen LogP contribution in [-0.2, 0) is 9.59 Å². The third kappa shape index (κ3) is 6.30. The van der Waals surface area contributed by atoms with Crippen LogP contribution in [-0.4, -0.2) is 34.8 Å². The minimum atomic E-state index is -0.803. The number of anilines is 1. The smallest absolute Gasteiger partial charge is 0.247 e. The average molecular weight is 388 g/mol. The summed E-state index contributed by atoms with van der Waals surface area (Å²) >= 11 is 4.13. The van der Waals surface area contributed by atoms with Crippen LogP contribution in [0.15, 0.2) is 54.6 Å². The number of benzene rings is 2. The van der Waals surface area contributed by atoms with Crippen molar-refractivity contribution in [3.8, 4) is 11.5 Å². The SMILES string of the molecule is C[C@H](C(=O)N[C@@H](CS)C(=O)Nc1ccc(Oc2ccccc2)cc1)[C@@H](C)O. The van der Waals surface area contributed by atoms with Gasteiger partial charge in [-0.3, -0.25) is 9.59 Å². The molecular weight excluding hydrogens is 364 g/mol. The second-order valence-corrected chi connectivity index (χ2v) is 6.57. The molecule has 0 aliphatic carbocycles. The van der Waals surface area contributed by atoms with E-state index in [0.29, 0.717) is 11.4 Å². The van der Waals surface area contributed by atoms with Crippen LogP contribution in [0.4, 0.5) is 5.69 Å². The van der Waals surface area contributed by atoms with Gasteiger partial charge in [0, 0.05) is 11.4 Å². The van der Waals surface area contributed by atoms with Gasteiger partial charge in [0.2, 0.25) is 11.8 Å². The predicted octanol–water partition coefficient (Wildman–Crippen LogP) is 2.85. The highest BCUT2D eigenvalue weighted by atomic mass is 32.1. The molecule has 6 nitrogen and oxygen atoms in total. The van der Waals surface area contributed by atoms with E-state index in [9.17, 15) is 14.7 Å². The first-order valence-corrected chi connectivity index (χ1v) is 9.27. The lowest BCUT2D eigenvalue weighted by Crippen LogP contribution is -2.48. The zero-order valence-electron chi connectivity index (χ0n) is 15.3. The van der Waals surface area contributed by atoms with Gasteiger partial charge < -0.3 is 20.5 Å². The Balaban J connectivity index is 1.94. The number of hydrogen-bond donors (Lipinski definition) is 4. The molecule has 0 bridgehead atoms. The Morgan fingerprint density at radius 3 is 2.15 bits per heavy atom. The van der Waals surface area contributed by atoms with Crippen LogP contribution in [0.25, 0.3) is 0 Å². The molecule has 2 rings (SSSR count). The van der Waals surface area contributed by atoms with E-state index in [2.05, 4.69) is 23.3 Å². The molecule has 3 atom stereocenters. The molecule has 144 valence electrons. The number of amides is 2. The summed E-state index contributed by atoms with van der Waals surface area (Å²) in [5.41, 5.74) is 0.574. The molecule has 2 aromatic rings. The molecule has 0 radical (unpaired) electrons. The highest BCUT2D eigenvalue weighted by molar-refractivity contribution is 7.80. The summed E-state index contributed by atoms with van der Waals surface area (Å²) in [6.45, 7) is 3.12. The third-order valence-electron chi connectivity index (χ3n) is 4.05. The van der Waals surface area contributed by atoms with Crippen LogP contribution >= 0.6 is 12.6 Å². The molecule has 0 saturated carbocycles. The summed E-state index contributed by atoms with van der Waals surface area (Å²) in [4.78, 5) is 24.4. The Hall–Kier alpha value is -2.51. The molecule has 0 saturated heterocycles. The first kappa shape index (κ1) is 20.8. The zero-order chi connectivity index (χ0) is 19.8. The van der Waals surface area contributed by atoms with Crippen molar-refractivity contribution in [2.45, 2.75) is 26.0 Å². The monoisotopic (exact) mass is 388 g/mol. The number of aliphatic hydroxyl groups is 1. The van der Waals surface area contributed by atoms with Crippen LogP contribution in [0, 0.1) is 5.92 Å². The van der Waals surface area contributed by atoms with Crippen molar-refractivity contribution in [2.75, 3.05) is 11.1 Å². The normalized spacial score (nSPS) is 13.9. The Morgan fingerprint density at radius 2 is 1.59 bits per heavy atom. The van der Waals surface area contributed by atoms with E-state index >= 15 is 0 Å². The van der Waals surface area contributed by atoms with Crippen LogP contribution in [0.2, 0.25) is 0 Å². The zero-order valence-corrected chi connectivity index (χ0v) is 16.1. The van der Waals surface area contributed by atoms with Gasteiger partial charge in [0.1, 0.15) is 17.5 Å². The Morgan fingerprint density at radius 1 is 1.00 bits per heavy atom. The van der Waals surface area contributed by atoms with Crippen molar-refractivity contribution in [1.29, 1.82) is 0 Å². The summed E-state index contributed by atoms with van der Waals surface area (Å²) < 4.78 is 5.70. The van der Waals surface area contributed by atoms with Gasteiger partial charge in [-0.2, -0.15) is 12.6 Å². The molecule has 0 fully saturated rings. The second kappa shape index (κ2) is 9.99. The van der Waals surface area contributed by atoms with Crippen LogP contribution < -0.4 is 15.4 Å². The number of para-hydroxylation sites is 1. The number of carbonyl (C=O) groups is 2. The van der Waals surface area contributed by atoms with Gasteiger partial charge in [-0.1, -0.05) is 25.1 Å². The van der Waals surface area contributed by atoms with E-state index < -0.39 is 24.0 Å². The lowest BCUT2D eigenvalue weighted by Gasteiger charge is -2.20. The predicted molar refractivity (Wildman–Crippen MR) is 108 cm³/mol. The number of ether oxygens (including phenoxy) is 1. The number of thiol groups is 1. The molecule has 0 unspecified atom stereocenters. The maximum Gasteiger partial charge on any atom is 0.247 e. The molecule has 0 aliphatic rings. The molecule has 7 heteroatoms. The molecule has 3 N–H and O–H groups in total. The summed E-state index contributed by atoms with van der Waals surface area (Å²) in [6, 6.07) is 15.5. The minimum Gasteiger partial charge on any atom is -0.457 e. The van der Waals surface area contributed by atoms with Crippen molar-refractivity contribution in [1.82, 2.24) is 5.32 Å². The Kier molecular flexibility index (Phi) is 7.69. The molecular formula is C20H24N2O4S. The molecule has 0 heterocycles. The van der Waals surface area contributed by atoms with Crippen molar-refractivity contribution < 1.29 is 19.4 Å². The standard InChI is InChI=1S/C20H24N2O4S/c1-13(14(2)23)19(24)22-18(12-27)20(25)21-15-8-10-17(11-9-15)26-16-6-4-3-5-7-16/h3-11,13-14,18,23,27H,12H2,1-2H3,(H,21,25)(H,22,24)/t13-,14+,18-/m0/s1. The highest BCUT2D eigenvalue weighted by Gasteiger charge is 2.24.